The van der Waals surface area contributed by atoms with Crippen LogP contribution in [0.4, 0.5) is 10.5 Å². The molecule has 2 heterocycles. The fraction of sp³-hybridized carbons (Fsp3) is 0.400. The molecule has 1 saturated heterocycles. The van der Waals surface area contributed by atoms with E-state index in [1.54, 1.807) is 15.9 Å². The van der Waals surface area contributed by atoms with Gasteiger partial charge in [0.2, 0.25) is 0 Å². The molecule has 0 saturated carbocycles. The molecule has 1 aliphatic heterocycles. The first kappa shape index (κ1) is 14.4. The molecule has 0 aliphatic carbocycles. The van der Waals surface area contributed by atoms with E-state index in [4.69, 9.17) is 4.74 Å². The molecule has 1 amide bonds. The molecule has 2 aromatic rings. The van der Waals surface area contributed by atoms with Crippen LogP contribution in [0.2, 0.25) is 0 Å². The van der Waals surface area contributed by atoms with Crippen molar-refractivity contribution in [3.8, 4) is 0 Å². The van der Waals surface area contributed by atoms with Crippen molar-refractivity contribution < 1.29 is 9.53 Å². The lowest BCUT2D eigenvalue weighted by Gasteiger charge is -2.12. The number of rotatable bonds is 6. The van der Waals surface area contributed by atoms with Crippen molar-refractivity contribution in [1.29, 1.82) is 0 Å². The van der Waals surface area contributed by atoms with E-state index in [-0.39, 0.29) is 6.09 Å². The molecule has 7 heteroatoms. The van der Waals surface area contributed by atoms with Crippen molar-refractivity contribution in [2.24, 2.45) is 7.05 Å². The Morgan fingerprint density at radius 3 is 2.77 bits per heavy atom. The van der Waals surface area contributed by atoms with Crippen molar-refractivity contribution in [3.05, 3.63) is 42.0 Å². The Morgan fingerprint density at radius 1 is 1.32 bits per heavy atom. The van der Waals surface area contributed by atoms with Gasteiger partial charge in [-0.25, -0.2) is 9.78 Å². The van der Waals surface area contributed by atoms with Crippen LogP contribution in [0.15, 0.2) is 30.6 Å². The Bertz CT molecular complexity index is 638. The molecule has 0 spiro atoms. The van der Waals surface area contributed by atoms with Gasteiger partial charge in [-0.2, -0.15) is 5.10 Å². The molecular weight excluding hydrogens is 282 g/mol. The third kappa shape index (κ3) is 3.36. The van der Waals surface area contributed by atoms with Crippen molar-refractivity contribution in [3.63, 3.8) is 0 Å². The van der Waals surface area contributed by atoms with Crippen molar-refractivity contribution in [1.82, 2.24) is 19.7 Å². The van der Waals surface area contributed by atoms with E-state index in [9.17, 15) is 4.79 Å². The molecule has 1 N–H and O–H groups in total. The van der Waals surface area contributed by atoms with Crippen LogP contribution in [0.1, 0.15) is 11.4 Å². The molecule has 22 heavy (non-hydrogen) atoms. The van der Waals surface area contributed by atoms with Gasteiger partial charge in [-0.15, -0.1) is 0 Å². The number of cyclic esters (lactones) is 1. The van der Waals surface area contributed by atoms with Crippen LogP contribution in [0, 0.1) is 0 Å². The summed E-state index contributed by atoms with van der Waals surface area (Å²) >= 11 is 0. The average molecular weight is 301 g/mol. The van der Waals surface area contributed by atoms with Gasteiger partial charge in [-0.05, 0) is 24.1 Å². The number of carbonyl (C=O) groups is 1. The highest BCUT2D eigenvalue weighted by atomic mass is 16.6. The largest absolute Gasteiger partial charge is 0.448 e. The first-order valence-corrected chi connectivity index (χ1v) is 7.30. The zero-order valence-corrected chi connectivity index (χ0v) is 12.5. The molecule has 1 fully saturated rings. The summed E-state index contributed by atoms with van der Waals surface area (Å²) in [5.74, 6) is 0.886. The smallest absolute Gasteiger partial charge is 0.409 e. The number of carbonyl (C=O) groups excluding carboxylic acids is 1. The lowest BCUT2D eigenvalue weighted by atomic mass is 10.1. The van der Waals surface area contributed by atoms with Crippen LogP contribution < -0.4 is 5.32 Å². The van der Waals surface area contributed by atoms with Gasteiger partial charge in [-0.3, -0.25) is 4.68 Å². The summed E-state index contributed by atoms with van der Waals surface area (Å²) in [4.78, 5) is 17.3. The summed E-state index contributed by atoms with van der Waals surface area (Å²) in [7, 11) is 1.87. The normalized spacial score (nSPS) is 14.2. The second kappa shape index (κ2) is 6.46. The Morgan fingerprint density at radius 2 is 2.14 bits per heavy atom. The van der Waals surface area contributed by atoms with E-state index in [0.717, 1.165) is 17.9 Å². The number of anilines is 1. The third-order valence-corrected chi connectivity index (χ3v) is 3.73. The Labute approximate surface area is 128 Å². The number of nitrogens with one attached hydrogen (secondary N) is 1. The molecule has 0 radical (unpaired) electrons. The maximum Gasteiger partial charge on any atom is 0.409 e. The summed E-state index contributed by atoms with van der Waals surface area (Å²) in [6.45, 7) is 2.53. The quantitative estimate of drug-likeness (QED) is 0.873. The molecule has 1 aromatic carbocycles. The minimum absolute atomic E-state index is 0.207. The molecule has 116 valence electrons. The van der Waals surface area contributed by atoms with Crippen LogP contribution in [-0.2, 0) is 24.8 Å². The zero-order valence-electron chi connectivity index (χ0n) is 12.5. The standard InChI is InChI=1S/C15H19N5O2/c1-19-14(17-11-18-19)10-16-13-4-2-12(3-5-13)6-7-20-8-9-22-15(20)21/h2-5,11,16H,6-10H2,1H3. The fourth-order valence-corrected chi connectivity index (χ4v) is 2.34. The van der Waals surface area contributed by atoms with Crippen LogP contribution in [0.5, 0.6) is 0 Å². The van der Waals surface area contributed by atoms with E-state index in [2.05, 4.69) is 27.5 Å². The molecule has 3 rings (SSSR count). The van der Waals surface area contributed by atoms with Crippen molar-refractivity contribution in [2.75, 3.05) is 25.0 Å². The number of hydrogen-bond donors (Lipinski definition) is 1. The van der Waals surface area contributed by atoms with E-state index < -0.39 is 0 Å². The summed E-state index contributed by atoms with van der Waals surface area (Å²) in [5.41, 5.74) is 2.23. The highest BCUT2D eigenvalue weighted by Gasteiger charge is 2.20. The minimum atomic E-state index is -0.207. The van der Waals surface area contributed by atoms with Gasteiger partial charge in [0.15, 0.2) is 0 Å². The molecule has 1 aliphatic rings. The fourth-order valence-electron chi connectivity index (χ4n) is 2.34. The predicted octanol–water partition coefficient (Wildman–Crippen LogP) is 1.42. The third-order valence-electron chi connectivity index (χ3n) is 3.73. The maximum atomic E-state index is 11.4. The zero-order chi connectivity index (χ0) is 15.4. The number of nitrogens with zero attached hydrogens (tertiary/aromatic N) is 4. The van der Waals surface area contributed by atoms with Gasteiger partial charge in [-0.1, -0.05) is 12.1 Å². The molecule has 7 nitrogen and oxygen atoms in total. The van der Waals surface area contributed by atoms with Crippen LogP contribution in [-0.4, -0.2) is 45.5 Å². The van der Waals surface area contributed by atoms with Crippen LogP contribution >= 0.6 is 0 Å². The van der Waals surface area contributed by atoms with Gasteiger partial charge >= 0.3 is 6.09 Å². The van der Waals surface area contributed by atoms with Crippen molar-refractivity contribution >= 4 is 11.8 Å². The number of benzene rings is 1. The van der Waals surface area contributed by atoms with E-state index in [1.165, 1.54) is 5.56 Å². The summed E-state index contributed by atoms with van der Waals surface area (Å²) in [6.07, 6.45) is 2.17. The number of aryl methyl sites for hydroxylation is 1. The van der Waals surface area contributed by atoms with Crippen LogP contribution in [0.3, 0.4) is 0 Å². The van der Waals surface area contributed by atoms with Gasteiger partial charge in [0.05, 0.1) is 13.1 Å². The Hall–Kier alpha value is -2.57. The minimum Gasteiger partial charge on any atom is -0.448 e. The Kier molecular flexibility index (Phi) is 4.22. The topological polar surface area (TPSA) is 72.3 Å². The predicted molar refractivity (Wildman–Crippen MR) is 81.4 cm³/mol. The number of amides is 1. The highest BCUT2D eigenvalue weighted by Crippen LogP contribution is 2.12. The lowest BCUT2D eigenvalue weighted by Crippen LogP contribution is -2.26. The summed E-state index contributed by atoms with van der Waals surface area (Å²) in [5, 5.41) is 7.35. The molecule has 0 atom stereocenters. The lowest BCUT2D eigenvalue weighted by molar-refractivity contribution is 0.159. The van der Waals surface area contributed by atoms with Crippen LogP contribution in [0.25, 0.3) is 0 Å². The second-order valence-electron chi connectivity index (χ2n) is 5.20. The summed E-state index contributed by atoms with van der Waals surface area (Å²) < 4.78 is 6.66. The molecule has 0 bridgehead atoms. The van der Waals surface area contributed by atoms with Gasteiger partial charge in [0, 0.05) is 19.3 Å². The molecule has 1 aromatic heterocycles. The van der Waals surface area contributed by atoms with E-state index >= 15 is 0 Å². The van der Waals surface area contributed by atoms with Gasteiger partial charge in [0.1, 0.15) is 18.8 Å². The van der Waals surface area contributed by atoms with Gasteiger partial charge < -0.3 is 15.0 Å². The maximum absolute atomic E-state index is 11.4. The first-order chi connectivity index (χ1) is 10.7. The second-order valence-corrected chi connectivity index (χ2v) is 5.20. The SMILES string of the molecule is Cn1ncnc1CNc1ccc(CCN2CCOC2=O)cc1. The number of ether oxygens (including phenoxy) is 1. The number of aromatic nitrogens is 3. The highest BCUT2D eigenvalue weighted by molar-refractivity contribution is 5.69. The monoisotopic (exact) mass is 301 g/mol. The first-order valence-electron chi connectivity index (χ1n) is 7.30. The van der Waals surface area contributed by atoms with E-state index in [0.29, 0.717) is 26.2 Å². The average Bonchev–Trinajstić information content (AvgIpc) is 3.12. The van der Waals surface area contributed by atoms with Gasteiger partial charge in [0.25, 0.3) is 0 Å². The number of hydrogen-bond acceptors (Lipinski definition) is 5. The molecule has 0 unspecified atom stereocenters. The van der Waals surface area contributed by atoms with E-state index in [1.807, 2.05) is 19.2 Å². The Balaban J connectivity index is 1.49. The summed E-state index contributed by atoms with van der Waals surface area (Å²) in [6, 6.07) is 8.21. The molecular formula is C15H19N5O2. The van der Waals surface area contributed by atoms with Crippen molar-refractivity contribution in [2.45, 2.75) is 13.0 Å².